The van der Waals surface area contributed by atoms with Gasteiger partial charge in [-0.3, -0.25) is 0 Å². The molecule has 2 aliphatic heterocycles. The van der Waals surface area contributed by atoms with Gasteiger partial charge in [-0.25, -0.2) is 0 Å². The van der Waals surface area contributed by atoms with E-state index in [-0.39, 0.29) is 0 Å². The number of rotatable bonds is 5. The van der Waals surface area contributed by atoms with Gasteiger partial charge in [-0.15, -0.1) is 11.8 Å². The SMILES string of the molecule is CCNCC1(CC2CSc3ccccc32)CCOCC1. The zero-order valence-corrected chi connectivity index (χ0v) is 13.2. The summed E-state index contributed by atoms with van der Waals surface area (Å²) in [6, 6.07) is 8.97. The van der Waals surface area contributed by atoms with Gasteiger partial charge >= 0.3 is 0 Å². The largest absolute Gasteiger partial charge is 0.381 e. The fourth-order valence-electron chi connectivity index (χ4n) is 3.57. The third-order valence-electron chi connectivity index (χ3n) is 4.78. The van der Waals surface area contributed by atoms with Crippen molar-refractivity contribution in [1.29, 1.82) is 0 Å². The van der Waals surface area contributed by atoms with Crippen LogP contribution >= 0.6 is 11.8 Å². The maximum Gasteiger partial charge on any atom is 0.0471 e. The molecule has 1 N–H and O–H groups in total. The van der Waals surface area contributed by atoms with Crippen molar-refractivity contribution in [3.05, 3.63) is 29.8 Å². The lowest BCUT2D eigenvalue weighted by Gasteiger charge is -2.39. The average Bonchev–Trinajstić information content (AvgIpc) is 2.89. The van der Waals surface area contributed by atoms with E-state index in [2.05, 4.69) is 36.5 Å². The first-order valence-corrected chi connectivity index (χ1v) is 8.82. The summed E-state index contributed by atoms with van der Waals surface area (Å²) in [6.07, 6.45) is 3.74. The molecule has 1 atom stereocenters. The van der Waals surface area contributed by atoms with Crippen LogP contribution in [0.5, 0.6) is 0 Å². The quantitative estimate of drug-likeness (QED) is 0.894. The van der Waals surface area contributed by atoms with E-state index in [1.54, 1.807) is 5.56 Å². The average molecular weight is 291 g/mol. The number of hydrogen-bond donors (Lipinski definition) is 1. The predicted octanol–water partition coefficient (Wildman–Crippen LogP) is 3.67. The molecular formula is C17H25NOS. The molecule has 1 saturated heterocycles. The molecule has 0 spiro atoms. The summed E-state index contributed by atoms with van der Waals surface area (Å²) >= 11 is 2.04. The second-order valence-corrected chi connectivity index (χ2v) is 7.20. The number of hydrogen-bond acceptors (Lipinski definition) is 3. The van der Waals surface area contributed by atoms with Crippen molar-refractivity contribution in [2.24, 2.45) is 5.41 Å². The molecule has 20 heavy (non-hydrogen) atoms. The van der Waals surface area contributed by atoms with Crippen LogP contribution in [0.25, 0.3) is 0 Å². The fraction of sp³-hybridized carbons (Fsp3) is 0.647. The van der Waals surface area contributed by atoms with Crippen LogP contribution in [0.1, 0.15) is 37.7 Å². The Kier molecular flexibility index (Phi) is 4.69. The first-order valence-electron chi connectivity index (χ1n) is 7.83. The second-order valence-electron chi connectivity index (χ2n) is 6.14. The third kappa shape index (κ3) is 3.05. The highest BCUT2D eigenvalue weighted by Gasteiger charge is 2.37. The van der Waals surface area contributed by atoms with Gasteiger partial charge in [0.25, 0.3) is 0 Å². The molecule has 0 bridgehead atoms. The minimum atomic E-state index is 0.441. The maximum atomic E-state index is 5.61. The highest BCUT2D eigenvalue weighted by Crippen LogP contribution is 2.47. The Balaban J connectivity index is 1.73. The van der Waals surface area contributed by atoms with Gasteiger partial charge in [0.15, 0.2) is 0 Å². The molecule has 0 radical (unpaired) electrons. The molecule has 110 valence electrons. The van der Waals surface area contributed by atoms with E-state index >= 15 is 0 Å². The molecule has 0 amide bonds. The van der Waals surface area contributed by atoms with E-state index in [1.807, 2.05) is 11.8 Å². The molecule has 3 rings (SSSR count). The molecule has 3 heteroatoms. The van der Waals surface area contributed by atoms with E-state index in [1.165, 1.54) is 29.9 Å². The van der Waals surface area contributed by atoms with Crippen molar-refractivity contribution in [3.8, 4) is 0 Å². The summed E-state index contributed by atoms with van der Waals surface area (Å²) in [7, 11) is 0. The molecule has 1 unspecified atom stereocenters. The normalized spacial score (nSPS) is 24.6. The molecule has 0 aliphatic carbocycles. The molecule has 2 aliphatic rings. The molecule has 2 nitrogen and oxygen atoms in total. The second kappa shape index (κ2) is 6.50. The Morgan fingerprint density at radius 1 is 1.30 bits per heavy atom. The van der Waals surface area contributed by atoms with Gasteiger partial charge < -0.3 is 10.1 Å². The number of nitrogens with one attached hydrogen (secondary N) is 1. The van der Waals surface area contributed by atoms with Crippen LogP contribution in [0.2, 0.25) is 0 Å². The first-order chi connectivity index (χ1) is 9.83. The lowest BCUT2D eigenvalue weighted by Crippen LogP contribution is -2.40. The molecular weight excluding hydrogens is 266 g/mol. The van der Waals surface area contributed by atoms with Crippen LogP contribution in [-0.4, -0.2) is 32.1 Å². The minimum Gasteiger partial charge on any atom is -0.381 e. The Hall–Kier alpha value is -0.510. The predicted molar refractivity (Wildman–Crippen MR) is 85.6 cm³/mol. The van der Waals surface area contributed by atoms with E-state index < -0.39 is 0 Å². The topological polar surface area (TPSA) is 21.3 Å². The Morgan fingerprint density at radius 2 is 2.10 bits per heavy atom. The molecule has 2 heterocycles. The van der Waals surface area contributed by atoms with E-state index in [0.717, 1.165) is 32.2 Å². The van der Waals surface area contributed by atoms with Gasteiger partial charge in [0.1, 0.15) is 0 Å². The summed E-state index contributed by atoms with van der Waals surface area (Å²) in [5, 5.41) is 3.59. The highest BCUT2D eigenvalue weighted by atomic mass is 32.2. The van der Waals surface area contributed by atoms with Gasteiger partial charge in [0.2, 0.25) is 0 Å². The Labute approximate surface area is 126 Å². The molecule has 1 aromatic rings. The highest BCUT2D eigenvalue weighted by molar-refractivity contribution is 7.99. The van der Waals surface area contributed by atoms with Gasteiger partial charge in [-0.1, -0.05) is 25.1 Å². The van der Waals surface area contributed by atoms with Crippen LogP contribution in [0.3, 0.4) is 0 Å². The van der Waals surface area contributed by atoms with Crippen LogP contribution < -0.4 is 5.32 Å². The standard InChI is InChI=1S/C17H25NOS/c1-2-18-13-17(7-9-19-10-8-17)11-14-12-20-16-6-4-3-5-15(14)16/h3-6,14,18H,2,7-13H2,1H3. The van der Waals surface area contributed by atoms with Crippen LogP contribution in [0, 0.1) is 5.41 Å². The lowest BCUT2D eigenvalue weighted by atomic mass is 9.72. The maximum absolute atomic E-state index is 5.61. The number of fused-ring (bicyclic) bond motifs is 1. The van der Waals surface area contributed by atoms with Crippen molar-refractivity contribution >= 4 is 11.8 Å². The summed E-state index contributed by atoms with van der Waals surface area (Å²) in [5.41, 5.74) is 2.02. The van der Waals surface area contributed by atoms with E-state index in [9.17, 15) is 0 Å². The van der Waals surface area contributed by atoms with E-state index in [0.29, 0.717) is 5.41 Å². The van der Waals surface area contributed by atoms with Crippen molar-refractivity contribution < 1.29 is 4.74 Å². The van der Waals surface area contributed by atoms with Crippen LogP contribution in [0.15, 0.2) is 29.2 Å². The van der Waals surface area contributed by atoms with Crippen molar-refractivity contribution in [2.45, 2.75) is 37.0 Å². The van der Waals surface area contributed by atoms with Crippen LogP contribution in [-0.2, 0) is 4.74 Å². The van der Waals surface area contributed by atoms with Crippen molar-refractivity contribution in [2.75, 3.05) is 32.1 Å². The number of ether oxygens (including phenoxy) is 1. The van der Waals surface area contributed by atoms with Gasteiger partial charge in [-0.2, -0.15) is 0 Å². The molecule has 0 aromatic heterocycles. The van der Waals surface area contributed by atoms with E-state index in [4.69, 9.17) is 4.74 Å². The molecule has 1 aromatic carbocycles. The summed E-state index contributed by atoms with van der Waals surface area (Å²) in [6.45, 7) is 6.29. The number of thioether (sulfide) groups is 1. The van der Waals surface area contributed by atoms with Gasteiger partial charge in [-0.05, 0) is 48.8 Å². The third-order valence-corrected chi connectivity index (χ3v) is 6.03. The Bertz CT molecular complexity index is 442. The smallest absolute Gasteiger partial charge is 0.0471 e. The van der Waals surface area contributed by atoms with Gasteiger partial charge in [0, 0.05) is 30.4 Å². The molecule has 1 fully saturated rings. The number of benzene rings is 1. The zero-order valence-electron chi connectivity index (χ0n) is 12.4. The lowest BCUT2D eigenvalue weighted by molar-refractivity contribution is 0.00805. The van der Waals surface area contributed by atoms with Gasteiger partial charge in [0.05, 0.1) is 0 Å². The zero-order chi connectivity index (χ0) is 13.8. The van der Waals surface area contributed by atoms with Crippen LogP contribution in [0.4, 0.5) is 0 Å². The fourth-order valence-corrected chi connectivity index (χ4v) is 4.82. The minimum absolute atomic E-state index is 0.441. The monoisotopic (exact) mass is 291 g/mol. The van der Waals surface area contributed by atoms with Crippen molar-refractivity contribution in [1.82, 2.24) is 5.32 Å². The summed E-state index contributed by atoms with van der Waals surface area (Å²) in [4.78, 5) is 1.50. The molecule has 0 saturated carbocycles. The first kappa shape index (κ1) is 14.4. The summed E-state index contributed by atoms with van der Waals surface area (Å²) in [5.74, 6) is 1.99. The van der Waals surface area contributed by atoms with Crippen molar-refractivity contribution in [3.63, 3.8) is 0 Å². The summed E-state index contributed by atoms with van der Waals surface area (Å²) < 4.78 is 5.61. The Morgan fingerprint density at radius 3 is 2.90 bits per heavy atom.